The van der Waals surface area contributed by atoms with Crippen molar-refractivity contribution in [1.29, 1.82) is 0 Å². The summed E-state index contributed by atoms with van der Waals surface area (Å²) in [6.07, 6.45) is 4.82. The highest BCUT2D eigenvalue weighted by molar-refractivity contribution is 7.08. The van der Waals surface area contributed by atoms with Crippen LogP contribution in [0.5, 0.6) is 0 Å². The Morgan fingerprint density at radius 2 is 2.35 bits per heavy atom. The second-order valence-corrected chi connectivity index (χ2v) is 5.02. The van der Waals surface area contributed by atoms with E-state index in [-0.39, 0.29) is 5.91 Å². The standard InChI is InChI=1S/C14H13N3O2S/c18-14(11-2-7-19-9-11)15-4-6-17-5-1-13(16-17)12-3-8-20-10-12/h1-3,5,7-10H,4,6H2,(H,15,18). The molecule has 0 saturated carbocycles. The molecule has 0 radical (unpaired) electrons. The molecule has 0 spiro atoms. The van der Waals surface area contributed by atoms with E-state index in [2.05, 4.69) is 15.8 Å². The fraction of sp³-hybridized carbons (Fsp3) is 0.143. The quantitative estimate of drug-likeness (QED) is 0.784. The number of hydrogen-bond donors (Lipinski definition) is 1. The predicted molar refractivity (Wildman–Crippen MR) is 76.6 cm³/mol. The van der Waals surface area contributed by atoms with Gasteiger partial charge in [0.1, 0.15) is 6.26 Å². The van der Waals surface area contributed by atoms with Crippen molar-refractivity contribution in [3.63, 3.8) is 0 Å². The molecule has 0 atom stereocenters. The van der Waals surface area contributed by atoms with E-state index in [9.17, 15) is 4.79 Å². The zero-order valence-corrected chi connectivity index (χ0v) is 11.5. The lowest BCUT2D eigenvalue weighted by atomic mass is 10.2. The Labute approximate surface area is 119 Å². The van der Waals surface area contributed by atoms with Crippen molar-refractivity contribution >= 4 is 17.2 Å². The van der Waals surface area contributed by atoms with Gasteiger partial charge in [-0.1, -0.05) is 0 Å². The number of furan rings is 1. The Hall–Kier alpha value is -2.34. The van der Waals surface area contributed by atoms with Crippen LogP contribution in [0.3, 0.4) is 0 Å². The van der Waals surface area contributed by atoms with Gasteiger partial charge in [0.15, 0.2) is 0 Å². The summed E-state index contributed by atoms with van der Waals surface area (Å²) >= 11 is 1.65. The molecule has 6 heteroatoms. The maximum Gasteiger partial charge on any atom is 0.254 e. The lowest BCUT2D eigenvalue weighted by Gasteiger charge is -2.03. The average Bonchev–Trinajstić information content (AvgIpc) is 3.20. The lowest BCUT2D eigenvalue weighted by Crippen LogP contribution is -2.26. The van der Waals surface area contributed by atoms with Crippen molar-refractivity contribution in [2.45, 2.75) is 6.54 Å². The summed E-state index contributed by atoms with van der Waals surface area (Å²) in [6.45, 7) is 1.16. The van der Waals surface area contributed by atoms with Crippen LogP contribution in [-0.2, 0) is 6.54 Å². The maximum atomic E-state index is 11.7. The van der Waals surface area contributed by atoms with E-state index in [0.29, 0.717) is 18.7 Å². The van der Waals surface area contributed by atoms with Gasteiger partial charge in [-0.25, -0.2) is 0 Å². The first-order chi connectivity index (χ1) is 9.83. The van der Waals surface area contributed by atoms with Crippen molar-refractivity contribution in [1.82, 2.24) is 15.1 Å². The van der Waals surface area contributed by atoms with Crippen LogP contribution in [0.1, 0.15) is 10.4 Å². The van der Waals surface area contributed by atoms with E-state index >= 15 is 0 Å². The van der Waals surface area contributed by atoms with Crippen molar-refractivity contribution in [2.75, 3.05) is 6.54 Å². The highest BCUT2D eigenvalue weighted by Gasteiger charge is 2.06. The second-order valence-electron chi connectivity index (χ2n) is 4.24. The molecule has 3 rings (SSSR count). The number of hydrogen-bond acceptors (Lipinski definition) is 4. The van der Waals surface area contributed by atoms with Crippen LogP contribution in [-0.4, -0.2) is 22.2 Å². The fourth-order valence-corrected chi connectivity index (χ4v) is 2.48. The number of rotatable bonds is 5. The van der Waals surface area contributed by atoms with E-state index in [1.165, 1.54) is 12.5 Å². The summed E-state index contributed by atoms with van der Waals surface area (Å²) in [5.74, 6) is -0.135. The van der Waals surface area contributed by atoms with Gasteiger partial charge >= 0.3 is 0 Å². The molecule has 1 amide bonds. The van der Waals surface area contributed by atoms with E-state index in [0.717, 1.165) is 11.3 Å². The molecule has 0 aliphatic rings. The molecule has 3 heterocycles. The van der Waals surface area contributed by atoms with Crippen LogP contribution in [0, 0.1) is 0 Å². The molecule has 1 N–H and O–H groups in total. The highest BCUT2D eigenvalue weighted by atomic mass is 32.1. The molecule has 0 fully saturated rings. The van der Waals surface area contributed by atoms with Crippen molar-refractivity contribution in [2.24, 2.45) is 0 Å². The van der Waals surface area contributed by atoms with Crippen LogP contribution in [0.15, 0.2) is 52.1 Å². The maximum absolute atomic E-state index is 11.7. The summed E-state index contributed by atoms with van der Waals surface area (Å²) in [6, 6.07) is 5.65. The average molecular weight is 287 g/mol. The second kappa shape index (κ2) is 5.75. The normalized spacial score (nSPS) is 10.6. The number of carbonyl (C=O) groups excluding carboxylic acids is 1. The summed E-state index contributed by atoms with van der Waals surface area (Å²) in [4.78, 5) is 11.7. The summed E-state index contributed by atoms with van der Waals surface area (Å²) < 4.78 is 6.69. The fourth-order valence-electron chi connectivity index (χ4n) is 1.83. The summed E-state index contributed by atoms with van der Waals surface area (Å²) in [7, 11) is 0. The lowest BCUT2D eigenvalue weighted by molar-refractivity contribution is 0.0951. The van der Waals surface area contributed by atoms with Crippen molar-refractivity contribution < 1.29 is 9.21 Å². The number of amides is 1. The molecule has 0 unspecified atom stereocenters. The van der Waals surface area contributed by atoms with E-state index in [1.807, 2.05) is 28.4 Å². The van der Waals surface area contributed by atoms with Crippen LogP contribution in [0.25, 0.3) is 11.3 Å². The SMILES string of the molecule is O=C(NCCn1ccc(-c2ccsc2)n1)c1ccoc1. The van der Waals surface area contributed by atoms with Gasteiger partial charge in [0.05, 0.1) is 24.1 Å². The monoisotopic (exact) mass is 287 g/mol. The Bertz CT molecular complexity index is 671. The number of nitrogens with zero attached hydrogens (tertiary/aromatic N) is 2. The van der Waals surface area contributed by atoms with Crippen LogP contribution >= 0.6 is 11.3 Å². The van der Waals surface area contributed by atoms with Gasteiger partial charge in [0, 0.05) is 23.7 Å². The van der Waals surface area contributed by atoms with Crippen molar-refractivity contribution in [3.05, 3.63) is 53.2 Å². The number of thiophene rings is 1. The molecule has 5 nitrogen and oxygen atoms in total. The minimum Gasteiger partial charge on any atom is -0.472 e. The van der Waals surface area contributed by atoms with E-state index in [1.54, 1.807) is 17.4 Å². The van der Waals surface area contributed by atoms with Gasteiger partial charge in [0.2, 0.25) is 0 Å². The molecular formula is C14H13N3O2S. The molecule has 0 aromatic carbocycles. The van der Waals surface area contributed by atoms with Gasteiger partial charge in [-0.3, -0.25) is 9.48 Å². The zero-order chi connectivity index (χ0) is 13.8. The van der Waals surface area contributed by atoms with Crippen molar-refractivity contribution in [3.8, 4) is 11.3 Å². The predicted octanol–water partition coefficient (Wildman–Crippen LogP) is 2.63. The Balaban J connectivity index is 1.53. The van der Waals surface area contributed by atoms with E-state index < -0.39 is 0 Å². The topological polar surface area (TPSA) is 60.1 Å². The third-order valence-corrected chi connectivity index (χ3v) is 3.55. The molecule has 0 aliphatic carbocycles. The van der Waals surface area contributed by atoms with E-state index in [4.69, 9.17) is 4.42 Å². The summed E-state index contributed by atoms with van der Waals surface area (Å²) in [5.41, 5.74) is 2.60. The molecule has 0 saturated heterocycles. The zero-order valence-electron chi connectivity index (χ0n) is 10.7. The third kappa shape index (κ3) is 2.80. The minimum atomic E-state index is -0.135. The number of nitrogens with one attached hydrogen (secondary N) is 1. The Morgan fingerprint density at radius 1 is 1.40 bits per heavy atom. The smallest absolute Gasteiger partial charge is 0.254 e. The minimum absolute atomic E-state index is 0.135. The Kier molecular flexibility index (Phi) is 3.64. The highest BCUT2D eigenvalue weighted by Crippen LogP contribution is 2.19. The molecule has 102 valence electrons. The first-order valence-electron chi connectivity index (χ1n) is 6.19. The summed E-state index contributed by atoms with van der Waals surface area (Å²) in [5, 5.41) is 11.4. The largest absolute Gasteiger partial charge is 0.472 e. The van der Waals surface area contributed by atoms with Crippen LogP contribution in [0.4, 0.5) is 0 Å². The molecule has 0 aliphatic heterocycles. The molecule has 20 heavy (non-hydrogen) atoms. The van der Waals surface area contributed by atoms with Gasteiger partial charge in [-0.15, -0.1) is 0 Å². The van der Waals surface area contributed by atoms with Gasteiger partial charge in [-0.2, -0.15) is 16.4 Å². The number of carbonyl (C=O) groups is 1. The van der Waals surface area contributed by atoms with Gasteiger partial charge in [0.25, 0.3) is 5.91 Å². The van der Waals surface area contributed by atoms with Crippen LogP contribution < -0.4 is 5.32 Å². The van der Waals surface area contributed by atoms with Crippen LogP contribution in [0.2, 0.25) is 0 Å². The third-order valence-electron chi connectivity index (χ3n) is 2.87. The molecule has 3 aromatic rings. The Morgan fingerprint density at radius 3 is 3.10 bits per heavy atom. The number of aromatic nitrogens is 2. The van der Waals surface area contributed by atoms with Gasteiger partial charge in [-0.05, 0) is 23.6 Å². The molecule has 0 bridgehead atoms. The molecular weight excluding hydrogens is 274 g/mol. The first kappa shape index (κ1) is 12.7. The first-order valence-corrected chi connectivity index (χ1v) is 7.13. The van der Waals surface area contributed by atoms with Gasteiger partial charge < -0.3 is 9.73 Å². The molecule has 3 aromatic heterocycles.